The summed E-state index contributed by atoms with van der Waals surface area (Å²) in [7, 11) is -4.00. The van der Waals surface area contributed by atoms with Crippen LogP contribution in [0.4, 0.5) is 0 Å². The van der Waals surface area contributed by atoms with Crippen LogP contribution in [0.1, 0.15) is 6.42 Å². The van der Waals surface area contributed by atoms with Crippen molar-refractivity contribution in [2.24, 2.45) is 0 Å². The van der Waals surface area contributed by atoms with Crippen LogP contribution in [0.2, 0.25) is 0 Å². The zero-order valence-electron chi connectivity index (χ0n) is 6.34. The van der Waals surface area contributed by atoms with Gasteiger partial charge in [-0.05, 0) is 6.42 Å². The van der Waals surface area contributed by atoms with E-state index in [4.69, 9.17) is 20.0 Å². The van der Waals surface area contributed by atoms with Crippen molar-refractivity contribution < 1.29 is 43.4 Å². The summed E-state index contributed by atoms with van der Waals surface area (Å²) in [6.45, 7) is -0.458. The average molecular weight is 177 g/mol. The van der Waals surface area contributed by atoms with E-state index in [1.165, 1.54) is 0 Å². The monoisotopic (exact) mass is 177 g/mol. The van der Waals surface area contributed by atoms with Gasteiger partial charge >= 0.3 is 26.5 Å². The maximum Gasteiger partial charge on any atom is 1.00 e. The molecule has 1 atom stereocenters. The first-order valence-electron chi connectivity index (χ1n) is 2.79. The Morgan fingerprint density at radius 1 is 1.36 bits per heavy atom. The third-order valence-electron chi connectivity index (χ3n) is 0.964. The molecule has 11 heavy (non-hydrogen) atoms. The molecule has 5 nitrogen and oxygen atoms in total. The first-order valence-corrected chi connectivity index (χ1v) is 4.59. The van der Waals surface area contributed by atoms with E-state index in [-0.39, 0.29) is 31.4 Å². The van der Waals surface area contributed by atoms with Crippen LogP contribution >= 0.6 is 7.60 Å². The van der Waals surface area contributed by atoms with E-state index in [0.29, 0.717) is 0 Å². The molecular weight excluding hydrogens is 166 g/mol. The van der Waals surface area contributed by atoms with E-state index in [9.17, 15) is 4.57 Å². The Kier molecular flexibility index (Phi) is 8.02. The number of aliphatic hydroxyl groups excluding tert-OH is 2. The second-order valence-electron chi connectivity index (χ2n) is 2.01. The Bertz CT molecular complexity index is 134. The first-order chi connectivity index (χ1) is 4.45. The van der Waals surface area contributed by atoms with Crippen molar-refractivity contribution in [3.63, 3.8) is 0 Å². The molecule has 0 aliphatic heterocycles. The van der Waals surface area contributed by atoms with Crippen molar-refractivity contribution in [1.29, 1.82) is 0 Å². The van der Waals surface area contributed by atoms with Gasteiger partial charge in [-0.25, -0.2) is 0 Å². The van der Waals surface area contributed by atoms with Crippen molar-refractivity contribution in [3.05, 3.63) is 0 Å². The fraction of sp³-hybridized carbons (Fsp3) is 1.00. The Hall–Kier alpha value is 0.667. The van der Waals surface area contributed by atoms with Crippen LogP contribution in [0, 0.1) is 0 Å². The molecule has 0 radical (unpaired) electrons. The van der Waals surface area contributed by atoms with Gasteiger partial charge in [0.1, 0.15) is 0 Å². The van der Waals surface area contributed by atoms with Crippen molar-refractivity contribution in [3.8, 4) is 0 Å². The van der Waals surface area contributed by atoms with Crippen LogP contribution in [0.5, 0.6) is 0 Å². The van der Waals surface area contributed by atoms with Gasteiger partial charge in [-0.2, -0.15) is 0 Å². The first kappa shape index (κ1) is 14.2. The van der Waals surface area contributed by atoms with E-state index < -0.39 is 20.3 Å². The normalized spacial score (nSPS) is 13.8. The quantitative estimate of drug-likeness (QED) is 0.258. The minimum atomic E-state index is -4.00. The van der Waals surface area contributed by atoms with Crippen LogP contribution in [0.25, 0.3) is 0 Å². The summed E-state index contributed by atoms with van der Waals surface area (Å²) < 4.78 is 10.2. The van der Waals surface area contributed by atoms with E-state index in [1.807, 2.05) is 0 Å². The molecule has 4 N–H and O–H groups in total. The molecule has 0 aliphatic carbocycles. The summed E-state index contributed by atoms with van der Waals surface area (Å²) in [6.07, 6.45) is -1.47. The fourth-order valence-electron chi connectivity index (χ4n) is 0.408. The van der Waals surface area contributed by atoms with Crippen molar-refractivity contribution in [1.82, 2.24) is 0 Å². The molecule has 62 valence electrons. The number of aliphatic hydroxyl groups is 2. The van der Waals surface area contributed by atoms with Gasteiger partial charge in [0.25, 0.3) is 0 Å². The third-order valence-corrected chi connectivity index (χ3v) is 1.81. The molecule has 0 saturated carbocycles. The molecular formula is C4H11LiO5P+. The van der Waals surface area contributed by atoms with Gasteiger partial charge in [0.15, 0.2) is 0 Å². The van der Waals surface area contributed by atoms with Gasteiger partial charge < -0.3 is 20.0 Å². The summed E-state index contributed by atoms with van der Waals surface area (Å²) in [5, 5.41) is 16.9. The van der Waals surface area contributed by atoms with Gasteiger partial charge in [0.05, 0.1) is 18.9 Å². The molecule has 0 aliphatic rings. The van der Waals surface area contributed by atoms with Gasteiger partial charge in [-0.15, -0.1) is 0 Å². The molecule has 1 unspecified atom stereocenters. The molecule has 0 bridgehead atoms. The second-order valence-corrected chi connectivity index (χ2v) is 3.79. The Balaban J connectivity index is 0. The van der Waals surface area contributed by atoms with Crippen LogP contribution in [0.15, 0.2) is 0 Å². The zero-order valence-corrected chi connectivity index (χ0v) is 7.24. The SMILES string of the molecule is O=P(O)(O)CCC(O)CO.[Li+]. The van der Waals surface area contributed by atoms with E-state index in [0.717, 1.165) is 0 Å². The van der Waals surface area contributed by atoms with Gasteiger partial charge in [0.2, 0.25) is 0 Å². The fourth-order valence-corrected chi connectivity index (χ4v) is 1.04. The molecule has 7 heteroatoms. The molecule has 0 fully saturated rings. The minimum Gasteiger partial charge on any atom is -0.394 e. The van der Waals surface area contributed by atoms with Crippen LogP contribution in [0.3, 0.4) is 0 Å². The molecule has 0 amide bonds. The third kappa shape index (κ3) is 10.7. The Morgan fingerprint density at radius 3 is 2.09 bits per heavy atom. The number of rotatable bonds is 4. The summed E-state index contributed by atoms with van der Waals surface area (Å²) in [5.41, 5.74) is 0. The molecule has 0 aromatic rings. The molecule has 0 heterocycles. The largest absolute Gasteiger partial charge is 1.00 e. The minimum absolute atomic E-state index is 0. The van der Waals surface area contributed by atoms with Crippen LogP contribution in [-0.4, -0.2) is 38.9 Å². The van der Waals surface area contributed by atoms with E-state index in [2.05, 4.69) is 0 Å². The average Bonchev–Trinajstić information content (AvgIpc) is 1.81. The van der Waals surface area contributed by atoms with Gasteiger partial charge in [-0.1, -0.05) is 0 Å². The molecule has 0 aromatic heterocycles. The van der Waals surface area contributed by atoms with Crippen molar-refractivity contribution in [2.75, 3.05) is 12.8 Å². The van der Waals surface area contributed by atoms with Crippen LogP contribution in [-0.2, 0) is 4.57 Å². The maximum atomic E-state index is 10.2. The number of hydrogen-bond donors (Lipinski definition) is 4. The van der Waals surface area contributed by atoms with E-state index >= 15 is 0 Å². The van der Waals surface area contributed by atoms with Crippen molar-refractivity contribution >= 4 is 7.60 Å². The zero-order chi connectivity index (χ0) is 8.20. The van der Waals surface area contributed by atoms with Crippen molar-refractivity contribution in [2.45, 2.75) is 12.5 Å². The summed E-state index contributed by atoms with van der Waals surface area (Å²) in [6, 6.07) is 0. The summed E-state index contributed by atoms with van der Waals surface area (Å²) in [5.74, 6) is 0. The molecule has 0 rings (SSSR count). The standard InChI is InChI=1S/C4H11O5P.Li/c5-3-4(6)1-2-10(7,8)9;/h4-6H,1-3H2,(H2,7,8,9);/q;+1. The van der Waals surface area contributed by atoms with Gasteiger partial charge in [0, 0.05) is 0 Å². The smallest absolute Gasteiger partial charge is 0.394 e. The second kappa shape index (κ2) is 6.21. The molecule has 0 aromatic carbocycles. The molecule has 0 spiro atoms. The summed E-state index contributed by atoms with van der Waals surface area (Å²) in [4.78, 5) is 16.6. The maximum absolute atomic E-state index is 10.2. The van der Waals surface area contributed by atoms with E-state index in [1.54, 1.807) is 0 Å². The van der Waals surface area contributed by atoms with Gasteiger partial charge in [-0.3, -0.25) is 4.57 Å². The number of hydrogen-bond acceptors (Lipinski definition) is 3. The summed E-state index contributed by atoms with van der Waals surface area (Å²) >= 11 is 0. The Morgan fingerprint density at radius 2 is 1.82 bits per heavy atom. The molecule has 0 saturated heterocycles. The van der Waals surface area contributed by atoms with Crippen LogP contribution < -0.4 is 18.9 Å². The predicted molar refractivity (Wildman–Crippen MR) is 34.6 cm³/mol. The predicted octanol–water partition coefficient (Wildman–Crippen LogP) is -4.09. The topological polar surface area (TPSA) is 98.0 Å². The Labute approximate surface area is 76.8 Å².